The number of nitro groups is 1. The third-order valence-electron chi connectivity index (χ3n) is 3.40. The van der Waals surface area contributed by atoms with Gasteiger partial charge in [-0.15, -0.1) is 0 Å². The summed E-state index contributed by atoms with van der Waals surface area (Å²) in [5, 5.41) is 23.8. The van der Waals surface area contributed by atoms with Crippen molar-refractivity contribution < 1.29 is 14.8 Å². The molecule has 2 aromatic rings. The Kier molecular flexibility index (Phi) is 5.31. The quantitative estimate of drug-likeness (QED) is 0.649. The van der Waals surface area contributed by atoms with Crippen molar-refractivity contribution in [2.45, 2.75) is 13.0 Å². The third kappa shape index (κ3) is 4.06. The van der Waals surface area contributed by atoms with Crippen molar-refractivity contribution in [2.24, 2.45) is 0 Å². The van der Waals surface area contributed by atoms with Crippen LogP contribution in [0.15, 0.2) is 42.5 Å². The van der Waals surface area contributed by atoms with Crippen LogP contribution >= 0.6 is 11.6 Å². The first-order chi connectivity index (χ1) is 10.9. The second-order valence-electron chi connectivity index (χ2n) is 5.00. The van der Waals surface area contributed by atoms with Gasteiger partial charge in [0.1, 0.15) is 5.56 Å². The molecule has 1 amide bonds. The number of hydrogen-bond donors (Lipinski definition) is 2. The van der Waals surface area contributed by atoms with E-state index in [9.17, 15) is 20.0 Å². The van der Waals surface area contributed by atoms with Crippen LogP contribution < -0.4 is 5.32 Å². The number of nitrogens with zero attached hydrogens (tertiary/aromatic N) is 1. The van der Waals surface area contributed by atoms with Crippen LogP contribution in [0.5, 0.6) is 0 Å². The van der Waals surface area contributed by atoms with E-state index in [1.165, 1.54) is 12.1 Å². The second kappa shape index (κ2) is 7.21. The van der Waals surface area contributed by atoms with Crippen molar-refractivity contribution in [3.63, 3.8) is 0 Å². The number of nitrogens with one attached hydrogen (secondary N) is 1. The Morgan fingerprint density at radius 1 is 1.35 bits per heavy atom. The number of hydrogen-bond acceptors (Lipinski definition) is 4. The number of halogens is 1. The summed E-state index contributed by atoms with van der Waals surface area (Å²) in [7, 11) is 0. The Bertz CT molecular complexity index is 749. The van der Waals surface area contributed by atoms with Gasteiger partial charge in [0.15, 0.2) is 0 Å². The van der Waals surface area contributed by atoms with Gasteiger partial charge >= 0.3 is 0 Å². The van der Waals surface area contributed by atoms with E-state index in [1.54, 1.807) is 12.1 Å². The van der Waals surface area contributed by atoms with E-state index in [-0.39, 0.29) is 22.8 Å². The van der Waals surface area contributed by atoms with Crippen molar-refractivity contribution >= 4 is 23.2 Å². The molecule has 0 heterocycles. The third-order valence-corrected chi connectivity index (χ3v) is 3.64. The van der Waals surface area contributed by atoms with Gasteiger partial charge in [0, 0.05) is 17.6 Å². The van der Waals surface area contributed by atoms with Crippen molar-refractivity contribution in [2.75, 3.05) is 6.54 Å². The van der Waals surface area contributed by atoms with Crippen LogP contribution in [0, 0.1) is 17.0 Å². The highest BCUT2D eigenvalue weighted by atomic mass is 35.5. The summed E-state index contributed by atoms with van der Waals surface area (Å²) in [5.74, 6) is -0.638. The van der Waals surface area contributed by atoms with Gasteiger partial charge in [-0.05, 0) is 30.2 Å². The molecular formula is C16H15ClN2O4. The van der Waals surface area contributed by atoms with Gasteiger partial charge in [-0.3, -0.25) is 14.9 Å². The Balaban J connectivity index is 2.11. The Labute approximate surface area is 137 Å². The largest absolute Gasteiger partial charge is 0.387 e. The molecule has 0 aromatic heterocycles. The summed E-state index contributed by atoms with van der Waals surface area (Å²) in [4.78, 5) is 22.5. The zero-order valence-corrected chi connectivity index (χ0v) is 13.1. The monoisotopic (exact) mass is 334 g/mol. The highest BCUT2D eigenvalue weighted by Gasteiger charge is 2.21. The average Bonchev–Trinajstić information content (AvgIpc) is 2.52. The maximum atomic E-state index is 12.1. The van der Waals surface area contributed by atoms with Gasteiger partial charge < -0.3 is 10.4 Å². The predicted octanol–water partition coefficient (Wildman–Crippen LogP) is 3.02. The second-order valence-corrected chi connectivity index (χ2v) is 5.44. The summed E-state index contributed by atoms with van der Waals surface area (Å²) in [6.45, 7) is 1.80. The van der Waals surface area contributed by atoms with Crippen LogP contribution in [0.4, 0.5) is 5.69 Å². The molecule has 0 aliphatic carbocycles. The van der Waals surface area contributed by atoms with Gasteiger partial charge in [0.05, 0.1) is 11.0 Å². The predicted molar refractivity (Wildman–Crippen MR) is 86.6 cm³/mol. The lowest BCUT2D eigenvalue weighted by molar-refractivity contribution is -0.385. The summed E-state index contributed by atoms with van der Waals surface area (Å²) < 4.78 is 0. The zero-order chi connectivity index (χ0) is 17.0. The summed E-state index contributed by atoms with van der Waals surface area (Å²) in [6.07, 6.45) is -0.897. The first-order valence-corrected chi connectivity index (χ1v) is 7.23. The highest BCUT2D eigenvalue weighted by molar-refractivity contribution is 6.31. The molecule has 2 aromatic carbocycles. The van der Waals surface area contributed by atoms with Crippen molar-refractivity contribution in [1.29, 1.82) is 0 Å². The number of aliphatic hydroxyl groups is 1. The molecule has 6 nitrogen and oxygen atoms in total. The van der Waals surface area contributed by atoms with Gasteiger partial charge in [0.2, 0.25) is 0 Å². The number of carbonyl (C=O) groups is 1. The lowest BCUT2D eigenvalue weighted by Gasteiger charge is -2.14. The van der Waals surface area contributed by atoms with E-state index in [1.807, 2.05) is 19.1 Å². The fourth-order valence-corrected chi connectivity index (χ4v) is 2.37. The lowest BCUT2D eigenvalue weighted by Crippen LogP contribution is -2.29. The minimum absolute atomic E-state index is 0.0521. The number of carbonyl (C=O) groups excluding carboxylic acids is 1. The van der Waals surface area contributed by atoms with E-state index >= 15 is 0 Å². The molecule has 1 atom stereocenters. The Morgan fingerprint density at radius 3 is 2.70 bits per heavy atom. The van der Waals surface area contributed by atoms with E-state index < -0.39 is 16.9 Å². The molecule has 0 saturated heterocycles. The van der Waals surface area contributed by atoms with Gasteiger partial charge in [-0.25, -0.2) is 0 Å². The van der Waals surface area contributed by atoms with Crippen LogP contribution in [-0.2, 0) is 0 Å². The Morgan fingerprint density at radius 2 is 2.04 bits per heavy atom. The molecule has 0 bridgehead atoms. The van der Waals surface area contributed by atoms with Crippen LogP contribution in [-0.4, -0.2) is 22.5 Å². The first kappa shape index (κ1) is 16.9. The number of rotatable bonds is 5. The molecule has 0 spiro atoms. The minimum Gasteiger partial charge on any atom is -0.387 e. The fraction of sp³-hybridized carbons (Fsp3) is 0.188. The number of amides is 1. The molecule has 2 N–H and O–H groups in total. The number of aryl methyl sites for hydroxylation is 1. The van der Waals surface area contributed by atoms with E-state index in [0.29, 0.717) is 5.56 Å². The average molecular weight is 335 g/mol. The topological polar surface area (TPSA) is 92.5 Å². The lowest BCUT2D eigenvalue weighted by atomic mass is 10.0. The molecule has 0 radical (unpaired) electrons. The fourth-order valence-electron chi connectivity index (χ4n) is 2.20. The van der Waals surface area contributed by atoms with Crippen LogP contribution in [0.1, 0.15) is 27.6 Å². The molecule has 120 valence electrons. The molecule has 1 unspecified atom stereocenters. The van der Waals surface area contributed by atoms with Crippen molar-refractivity contribution in [3.8, 4) is 0 Å². The number of aliphatic hydroxyl groups excluding tert-OH is 1. The summed E-state index contributed by atoms with van der Waals surface area (Å²) in [6, 6.07) is 11.1. The molecular weight excluding hydrogens is 320 g/mol. The van der Waals surface area contributed by atoms with Gasteiger partial charge in [0.25, 0.3) is 11.6 Å². The molecule has 7 heteroatoms. The molecule has 0 fully saturated rings. The van der Waals surface area contributed by atoms with Crippen molar-refractivity contribution in [3.05, 3.63) is 74.3 Å². The van der Waals surface area contributed by atoms with Crippen LogP contribution in [0.3, 0.4) is 0 Å². The molecule has 0 aliphatic heterocycles. The first-order valence-electron chi connectivity index (χ1n) is 6.86. The van der Waals surface area contributed by atoms with Gasteiger partial charge in [-0.2, -0.15) is 0 Å². The summed E-state index contributed by atoms with van der Waals surface area (Å²) >= 11 is 5.71. The molecule has 2 rings (SSSR count). The van der Waals surface area contributed by atoms with Crippen molar-refractivity contribution in [1.82, 2.24) is 5.32 Å². The Hall–Kier alpha value is -2.44. The molecule has 0 saturated carbocycles. The standard InChI is InChI=1S/C16H15ClN2O4/c1-10-4-2-3-5-12(10)15(20)9-18-16(21)13-7-6-11(17)8-14(13)19(22)23/h2-8,15,20H,9H2,1H3,(H,18,21). The smallest absolute Gasteiger partial charge is 0.283 e. The number of nitro benzene ring substituents is 1. The zero-order valence-electron chi connectivity index (χ0n) is 12.3. The molecule has 0 aliphatic rings. The highest BCUT2D eigenvalue weighted by Crippen LogP contribution is 2.23. The van der Waals surface area contributed by atoms with E-state index in [4.69, 9.17) is 11.6 Å². The van der Waals surface area contributed by atoms with E-state index in [2.05, 4.69) is 5.32 Å². The SMILES string of the molecule is Cc1ccccc1C(O)CNC(=O)c1ccc(Cl)cc1[N+](=O)[O-]. The number of benzene rings is 2. The van der Waals surface area contributed by atoms with Crippen LogP contribution in [0.2, 0.25) is 5.02 Å². The normalized spacial score (nSPS) is 11.8. The maximum Gasteiger partial charge on any atom is 0.283 e. The summed E-state index contributed by atoms with van der Waals surface area (Å²) in [5.41, 5.74) is 1.11. The minimum atomic E-state index is -0.897. The van der Waals surface area contributed by atoms with E-state index in [0.717, 1.165) is 11.6 Å². The maximum absolute atomic E-state index is 12.1. The molecule has 23 heavy (non-hydrogen) atoms. The van der Waals surface area contributed by atoms with Gasteiger partial charge in [-0.1, -0.05) is 35.9 Å². The van der Waals surface area contributed by atoms with Crippen LogP contribution in [0.25, 0.3) is 0 Å².